The third-order valence-corrected chi connectivity index (χ3v) is 7.66. The number of nitrogens with one attached hydrogen (secondary N) is 1. The van der Waals surface area contributed by atoms with E-state index in [4.69, 9.17) is 9.47 Å². The molecule has 1 heterocycles. The van der Waals surface area contributed by atoms with E-state index in [0.717, 1.165) is 32.1 Å². The zero-order valence-corrected chi connectivity index (χ0v) is 26.6. The highest BCUT2D eigenvalue weighted by atomic mass is 16.7. The summed E-state index contributed by atoms with van der Waals surface area (Å²) >= 11 is 0. The van der Waals surface area contributed by atoms with Crippen LogP contribution in [-0.4, -0.2) is 110 Å². The molecule has 0 aromatic rings. The number of amides is 1. The molecule has 11 heteroatoms. The summed E-state index contributed by atoms with van der Waals surface area (Å²) in [5, 5.41) is 74.5. The molecule has 9 atom stereocenters. The van der Waals surface area contributed by atoms with Crippen LogP contribution in [0.25, 0.3) is 0 Å². The van der Waals surface area contributed by atoms with Crippen LogP contribution < -0.4 is 5.32 Å². The number of carbonyl (C=O) groups excluding carboxylic acids is 1. The van der Waals surface area contributed by atoms with Gasteiger partial charge in [-0.25, -0.2) is 0 Å². The Balaban J connectivity index is 2.74. The molecule has 1 rings (SSSR count). The number of allylic oxidation sites excluding steroid dienone is 6. The van der Waals surface area contributed by atoms with E-state index in [0.29, 0.717) is 19.3 Å². The van der Waals surface area contributed by atoms with Gasteiger partial charge in [0, 0.05) is 0 Å². The van der Waals surface area contributed by atoms with Crippen LogP contribution in [0, 0.1) is 0 Å². The van der Waals surface area contributed by atoms with Crippen molar-refractivity contribution in [2.24, 2.45) is 0 Å². The Hall–Kier alpha value is -1.67. The largest absolute Gasteiger partial charge is 0.394 e. The molecule has 11 nitrogen and oxygen atoms in total. The van der Waals surface area contributed by atoms with Gasteiger partial charge in [0.25, 0.3) is 0 Å². The average Bonchev–Trinajstić information content (AvgIpc) is 3.02. The third-order valence-electron chi connectivity index (χ3n) is 7.66. The van der Waals surface area contributed by atoms with Crippen molar-refractivity contribution < 1.29 is 50.0 Å². The quantitative estimate of drug-likeness (QED) is 0.0580. The lowest BCUT2D eigenvalue weighted by molar-refractivity contribution is -0.303. The number of unbranched alkanes of at least 4 members (excludes halogenated alkanes) is 6. The number of carbonyl (C=O) groups is 1. The first kappa shape index (κ1) is 40.4. The van der Waals surface area contributed by atoms with Gasteiger partial charge in [0.05, 0.1) is 25.4 Å². The summed E-state index contributed by atoms with van der Waals surface area (Å²) in [5.74, 6) is -0.755. The van der Waals surface area contributed by atoms with Crippen LogP contribution in [0.2, 0.25) is 0 Å². The van der Waals surface area contributed by atoms with Crippen molar-refractivity contribution in [3.8, 4) is 0 Å². The minimum absolute atomic E-state index is 0.163. The lowest BCUT2D eigenvalue weighted by Gasteiger charge is -2.40. The maximum absolute atomic E-state index is 12.8. The summed E-state index contributed by atoms with van der Waals surface area (Å²) in [5.41, 5.74) is 0. The second-order valence-corrected chi connectivity index (χ2v) is 11.5. The molecule has 8 N–H and O–H groups in total. The molecule has 1 fully saturated rings. The molecular weight excluding hydrogens is 570 g/mol. The first-order valence-electron chi connectivity index (χ1n) is 16.4. The molecule has 0 bridgehead atoms. The Bertz CT molecular complexity index is 820. The van der Waals surface area contributed by atoms with Gasteiger partial charge in [-0.05, 0) is 64.2 Å². The van der Waals surface area contributed by atoms with Crippen LogP contribution in [0.3, 0.4) is 0 Å². The van der Waals surface area contributed by atoms with Gasteiger partial charge < -0.3 is 50.5 Å². The summed E-state index contributed by atoms with van der Waals surface area (Å²) in [6, 6.07) is -1.20. The Morgan fingerprint density at radius 1 is 0.795 bits per heavy atom. The molecule has 1 amide bonds. The fourth-order valence-corrected chi connectivity index (χ4v) is 4.81. The van der Waals surface area contributed by atoms with Crippen LogP contribution >= 0.6 is 0 Å². The van der Waals surface area contributed by atoms with E-state index < -0.39 is 74.2 Å². The molecule has 0 spiro atoms. The van der Waals surface area contributed by atoms with Crippen LogP contribution in [0.4, 0.5) is 0 Å². The number of rotatable bonds is 24. The number of hydrogen-bond acceptors (Lipinski definition) is 10. The normalized spacial score (nSPS) is 25.5. The van der Waals surface area contributed by atoms with Crippen molar-refractivity contribution in [2.75, 3.05) is 13.2 Å². The van der Waals surface area contributed by atoms with Crippen LogP contribution in [0.15, 0.2) is 36.5 Å². The summed E-state index contributed by atoms with van der Waals surface area (Å²) in [4.78, 5) is 12.8. The van der Waals surface area contributed by atoms with Gasteiger partial charge in [-0.15, -0.1) is 0 Å². The van der Waals surface area contributed by atoms with Gasteiger partial charge in [-0.1, -0.05) is 69.6 Å². The molecule has 256 valence electrons. The zero-order valence-electron chi connectivity index (χ0n) is 26.6. The number of hydrogen-bond donors (Lipinski definition) is 8. The molecule has 0 aromatic heterocycles. The van der Waals surface area contributed by atoms with Crippen molar-refractivity contribution in [1.29, 1.82) is 0 Å². The van der Waals surface area contributed by atoms with Gasteiger partial charge in [0.15, 0.2) is 6.29 Å². The zero-order chi connectivity index (χ0) is 32.7. The third kappa shape index (κ3) is 16.1. The fraction of sp³-hybridized carbons (Fsp3) is 0.788. The Morgan fingerprint density at radius 2 is 1.43 bits per heavy atom. The van der Waals surface area contributed by atoms with Crippen LogP contribution in [-0.2, 0) is 14.3 Å². The van der Waals surface area contributed by atoms with Crippen LogP contribution in [0.1, 0.15) is 97.3 Å². The first-order chi connectivity index (χ1) is 21.2. The summed E-state index contributed by atoms with van der Waals surface area (Å²) in [6.07, 6.45) is 11.3. The smallest absolute Gasteiger partial charge is 0.249 e. The van der Waals surface area contributed by atoms with Crippen molar-refractivity contribution >= 4 is 5.91 Å². The molecule has 1 aliphatic rings. The predicted octanol–water partition coefficient (Wildman–Crippen LogP) is 2.15. The summed E-state index contributed by atoms with van der Waals surface area (Å²) in [6.45, 7) is 3.14. The number of aliphatic hydroxyl groups is 7. The van der Waals surface area contributed by atoms with Crippen LogP contribution in [0.5, 0.6) is 0 Å². The second-order valence-electron chi connectivity index (χ2n) is 11.5. The molecule has 44 heavy (non-hydrogen) atoms. The van der Waals surface area contributed by atoms with Crippen molar-refractivity contribution in [2.45, 2.75) is 152 Å². The molecule has 0 saturated carbocycles. The standard InChI is InChI=1S/C33H59NO10/c1-3-5-7-9-11-13-15-16-18-20-25(36)28(38)24(23-43-33-31(41)30(40)29(39)27(22-35)44-33)34-32(42)26(37)21-19-17-14-12-10-8-6-4-2/h5,7,13-15,17,24-31,33,35-41H,3-4,6,8-12,16,18-23H2,1-2H3,(H,34,42)/b7-5+,15-13+,17-14-. The van der Waals surface area contributed by atoms with E-state index in [9.17, 15) is 40.5 Å². The van der Waals surface area contributed by atoms with Gasteiger partial charge in [0.1, 0.15) is 36.6 Å². The van der Waals surface area contributed by atoms with Gasteiger partial charge >= 0.3 is 0 Å². The SMILES string of the molecule is CC/C=C/CC/C=C/CCCC(O)C(O)C(COC1OC(CO)C(O)C(O)C1O)NC(=O)C(O)CC/C=C\CCCCCC. The maximum atomic E-state index is 12.8. The van der Waals surface area contributed by atoms with E-state index in [2.05, 4.69) is 37.4 Å². The van der Waals surface area contributed by atoms with Gasteiger partial charge in [-0.2, -0.15) is 0 Å². The second kappa shape index (κ2) is 24.5. The van der Waals surface area contributed by atoms with E-state index in [-0.39, 0.29) is 12.8 Å². The lowest BCUT2D eigenvalue weighted by atomic mass is 9.99. The molecule has 1 aliphatic heterocycles. The Morgan fingerprint density at radius 3 is 2.09 bits per heavy atom. The summed E-state index contributed by atoms with van der Waals surface area (Å²) in [7, 11) is 0. The Labute approximate surface area is 263 Å². The minimum atomic E-state index is -1.67. The van der Waals surface area contributed by atoms with Gasteiger partial charge in [-0.3, -0.25) is 4.79 Å². The van der Waals surface area contributed by atoms with E-state index in [1.165, 1.54) is 19.3 Å². The van der Waals surface area contributed by atoms with Crippen molar-refractivity contribution in [3.05, 3.63) is 36.5 Å². The fourth-order valence-electron chi connectivity index (χ4n) is 4.81. The molecule has 9 unspecified atom stereocenters. The number of ether oxygens (including phenoxy) is 2. The minimum Gasteiger partial charge on any atom is -0.394 e. The Kier molecular flexibility index (Phi) is 22.5. The molecule has 0 aliphatic carbocycles. The first-order valence-corrected chi connectivity index (χ1v) is 16.4. The molecular formula is C33H59NO10. The highest BCUT2D eigenvalue weighted by Gasteiger charge is 2.44. The highest BCUT2D eigenvalue weighted by molar-refractivity contribution is 5.80. The van der Waals surface area contributed by atoms with Gasteiger partial charge in [0.2, 0.25) is 5.91 Å². The topological polar surface area (TPSA) is 189 Å². The monoisotopic (exact) mass is 629 g/mol. The predicted molar refractivity (Wildman–Crippen MR) is 168 cm³/mol. The highest BCUT2D eigenvalue weighted by Crippen LogP contribution is 2.22. The molecule has 0 aromatic carbocycles. The summed E-state index contributed by atoms with van der Waals surface area (Å²) < 4.78 is 10.9. The van der Waals surface area contributed by atoms with E-state index in [1.807, 2.05) is 18.2 Å². The van der Waals surface area contributed by atoms with Crippen molar-refractivity contribution in [3.63, 3.8) is 0 Å². The number of aliphatic hydroxyl groups excluding tert-OH is 7. The average molecular weight is 630 g/mol. The molecule has 0 radical (unpaired) electrons. The maximum Gasteiger partial charge on any atom is 0.249 e. The lowest BCUT2D eigenvalue weighted by Crippen LogP contribution is -2.60. The van der Waals surface area contributed by atoms with Crippen molar-refractivity contribution in [1.82, 2.24) is 5.32 Å². The van der Waals surface area contributed by atoms with E-state index >= 15 is 0 Å². The van der Waals surface area contributed by atoms with E-state index in [1.54, 1.807) is 0 Å². The molecule has 1 saturated heterocycles.